The number of nitrogens with two attached hydrogens (primary N) is 1. The van der Waals surface area contributed by atoms with Gasteiger partial charge in [0.1, 0.15) is 10.5 Å². The van der Waals surface area contributed by atoms with Crippen LogP contribution in [0.4, 0.5) is 5.13 Å². The van der Waals surface area contributed by atoms with Gasteiger partial charge < -0.3 is 10.7 Å². The number of aromatic amines is 1. The lowest BCUT2D eigenvalue weighted by Crippen LogP contribution is -2.09. The van der Waals surface area contributed by atoms with E-state index in [1.54, 1.807) is 0 Å². The van der Waals surface area contributed by atoms with Gasteiger partial charge in [0, 0.05) is 0 Å². The fourth-order valence-electron chi connectivity index (χ4n) is 1.40. The molecule has 3 aromatic heterocycles. The number of H-pyrrole nitrogens is 1. The summed E-state index contributed by atoms with van der Waals surface area (Å²) in [6.07, 6.45) is 0. The summed E-state index contributed by atoms with van der Waals surface area (Å²) in [5.74, 6) is 1.17. The number of nitrogen functional groups attached to an aromatic ring is 1. The highest BCUT2D eigenvalue weighted by Gasteiger charge is 2.07. The van der Waals surface area contributed by atoms with E-state index in [0.717, 1.165) is 9.86 Å². The lowest BCUT2D eigenvalue weighted by Gasteiger charge is -1.98. The number of hydrogen-bond donors (Lipinski definition) is 2. The summed E-state index contributed by atoms with van der Waals surface area (Å²) >= 11 is 4.16. The monoisotopic (exact) mass is 297 g/mol. The summed E-state index contributed by atoms with van der Waals surface area (Å²) in [4.78, 5) is 18.9. The number of thioether (sulfide) groups is 1. The Morgan fingerprint density at radius 2 is 2.33 bits per heavy atom. The number of nitrogens with one attached hydrogen (secondary N) is 1. The Bertz CT molecular complexity index is 746. The maximum absolute atomic E-state index is 11.7. The molecule has 0 radical (unpaired) electrons. The minimum absolute atomic E-state index is 0.0950. The van der Waals surface area contributed by atoms with Gasteiger partial charge in [-0.1, -0.05) is 23.1 Å². The van der Waals surface area contributed by atoms with Gasteiger partial charge in [0.15, 0.2) is 4.34 Å². The molecule has 3 aromatic rings. The minimum atomic E-state index is -0.0950. The Kier molecular flexibility index (Phi) is 3.02. The summed E-state index contributed by atoms with van der Waals surface area (Å²) in [5, 5.41) is 9.91. The Labute approximate surface area is 113 Å². The number of thiophene rings is 1. The Balaban J connectivity index is 1.84. The third-order valence-corrected chi connectivity index (χ3v) is 4.92. The van der Waals surface area contributed by atoms with Gasteiger partial charge in [-0.2, -0.15) is 0 Å². The molecule has 0 aliphatic carbocycles. The molecule has 92 valence electrons. The second kappa shape index (κ2) is 4.67. The number of rotatable bonds is 3. The molecule has 0 unspecified atom stereocenters. The SMILES string of the molecule is Nc1nnc(SCc2nc3ccsc3c(=O)[nH]2)s1. The summed E-state index contributed by atoms with van der Waals surface area (Å²) in [6, 6.07) is 1.84. The highest BCUT2D eigenvalue weighted by Crippen LogP contribution is 2.26. The van der Waals surface area contributed by atoms with Crippen molar-refractivity contribution in [2.45, 2.75) is 10.1 Å². The zero-order valence-corrected chi connectivity index (χ0v) is 11.4. The van der Waals surface area contributed by atoms with E-state index in [9.17, 15) is 4.79 Å². The van der Waals surface area contributed by atoms with Crippen LogP contribution in [0.2, 0.25) is 0 Å². The van der Waals surface area contributed by atoms with Crippen LogP contribution in [0, 0.1) is 0 Å². The normalized spacial score (nSPS) is 11.1. The Morgan fingerprint density at radius 1 is 1.44 bits per heavy atom. The van der Waals surface area contributed by atoms with Crippen molar-refractivity contribution in [3.8, 4) is 0 Å². The van der Waals surface area contributed by atoms with E-state index in [4.69, 9.17) is 5.73 Å². The van der Waals surface area contributed by atoms with Crippen LogP contribution in [-0.4, -0.2) is 20.2 Å². The molecule has 3 rings (SSSR count). The van der Waals surface area contributed by atoms with E-state index in [1.807, 2.05) is 11.4 Å². The lowest BCUT2D eigenvalue weighted by atomic mass is 10.4. The highest BCUT2D eigenvalue weighted by molar-refractivity contribution is 8.00. The standard InChI is InChI=1S/C9H7N5OS3/c10-8-13-14-9(18-8)17-3-5-11-4-1-2-16-6(4)7(15)12-5/h1-2H,3H2,(H2,10,13)(H,11,12,15). The first-order valence-corrected chi connectivity index (χ1v) is 7.59. The smallest absolute Gasteiger partial charge is 0.268 e. The quantitative estimate of drug-likeness (QED) is 0.714. The van der Waals surface area contributed by atoms with Crippen molar-refractivity contribution in [2.24, 2.45) is 0 Å². The molecule has 0 atom stereocenters. The fraction of sp³-hybridized carbons (Fsp3) is 0.111. The minimum Gasteiger partial charge on any atom is -0.374 e. The summed E-state index contributed by atoms with van der Waals surface area (Å²) < 4.78 is 1.42. The summed E-state index contributed by atoms with van der Waals surface area (Å²) in [5.41, 5.74) is 6.13. The van der Waals surface area contributed by atoms with E-state index >= 15 is 0 Å². The maximum atomic E-state index is 11.7. The van der Waals surface area contributed by atoms with E-state index in [2.05, 4.69) is 20.2 Å². The fourth-order valence-corrected chi connectivity index (χ4v) is 3.63. The molecule has 0 fully saturated rings. The lowest BCUT2D eigenvalue weighted by molar-refractivity contribution is 1.01. The zero-order valence-electron chi connectivity index (χ0n) is 8.91. The number of anilines is 1. The molecule has 9 heteroatoms. The third-order valence-electron chi connectivity index (χ3n) is 2.12. The Hall–Kier alpha value is -1.45. The molecule has 6 nitrogen and oxygen atoms in total. The van der Waals surface area contributed by atoms with E-state index in [1.165, 1.54) is 34.4 Å². The number of aromatic nitrogens is 4. The van der Waals surface area contributed by atoms with Crippen LogP contribution in [0.3, 0.4) is 0 Å². The van der Waals surface area contributed by atoms with Crippen LogP contribution in [0.15, 0.2) is 20.6 Å². The van der Waals surface area contributed by atoms with Crippen LogP contribution < -0.4 is 11.3 Å². The van der Waals surface area contributed by atoms with Gasteiger partial charge in [-0.05, 0) is 11.4 Å². The molecule has 3 N–H and O–H groups in total. The highest BCUT2D eigenvalue weighted by atomic mass is 32.2. The Morgan fingerprint density at radius 3 is 3.11 bits per heavy atom. The topological polar surface area (TPSA) is 97.5 Å². The van der Waals surface area contributed by atoms with Crippen molar-refractivity contribution in [3.63, 3.8) is 0 Å². The van der Waals surface area contributed by atoms with Gasteiger partial charge >= 0.3 is 0 Å². The molecule has 0 aliphatic heterocycles. The van der Waals surface area contributed by atoms with Crippen LogP contribution >= 0.6 is 34.4 Å². The van der Waals surface area contributed by atoms with E-state index in [-0.39, 0.29) is 5.56 Å². The molecular formula is C9H7N5OS3. The van der Waals surface area contributed by atoms with Gasteiger partial charge in [0.25, 0.3) is 5.56 Å². The molecule has 0 saturated carbocycles. The van der Waals surface area contributed by atoms with Crippen molar-refractivity contribution in [1.29, 1.82) is 0 Å². The van der Waals surface area contributed by atoms with Crippen molar-refractivity contribution in [1.82, 2.24) is 20.2 Å². The first kappa shape index (κ1) is 11.6. The average Bonchev–Trinajstić information content (AvgIpc) is 2.95. The second-order valence-electron chi connectivity index (χ2n) is 3.34. The van der Waals surface area contributed by atoms with Crippen LogP contribution in [0.1, 0.15) is 5.82 Å². The number of nitrogens with zero attached hydrogens (tertiary/aromatic N) is 3. The average molecular weight is 297 g/mol. The molecule has 0 spiro atoms. The first-order chi connectivity index (χ1) is 8.72. The summed E-state index contributed by atoms with van der Waals surface area (Å²) in [6.45, 7) is 0. The second-order valence-corrected chi connectivity index (χ2v) is 6.49. The van der Waals surface area contributed by atoms with Crippen molar-refractivity contribution < 1.29 is 0 Å². The first-order valence-electron chi connectivity index (χ1n) is 4.90. The molecule has 0 amide bonds. The van der Waals surface area contributed by atoms with Gasteiger partial charge in [-0.15, -0.1) is 21.5 Å². The third kappa shape index (κ3) is 2.24. The molecule has 0 bridgehead atoms. The predicted octanol–water partition coefficient (Wildman–Crippen LogP) is 1.71. The number of hydrogen-bond acceptors (Lipinski definition) is 8. The molecule has 18 heavy (non-hydrogen) atoms. The van der Waals surface area contributed by atoms with Crippen LogP contribution in [0.5, 0.6) is 0 Å². The maximum Gasteiger partial charge on any atom is 0.268 e. The largest absolute Gasteiger partial charge is 0.374 e. The van der Waals surface area contributed by atoms with Crippen molar-refractivity contribution >= 4 is 49.8 Å². The zero-order chi connectivity index (χ0) is 12.5. The van der Waals surface area contributed by atoms with Crippen molar-refractivity contribution in [2.75, 3.05) is 5.73 Å². The van der Waals surface area contributed by atoms with Gasteiger partial charge in [0.2, 0.25) is 5.13 Å². The van der Waals surface area contributed by atoms with E-state index < -0.39 is 0 Å². The van der Waals surface area contributed by atoms with Crippen molar-refractivity contribution in [3.05, 3.63) is 27.6 Å². The molecule has 0 aliphatic rings. The van der Waals surface area contributed by atoms with Crippen LogP contribution in [-0.2, 0) is 5.75 Å². The molecular weight excluding hydrogens is 290 g/mol. The predicted molar refractivity (Wildman–Crippen MR) is 74.1 cm³/mol. The van der Waals surface area contributed by atoms with Gasteiger partial charge in [0.05, 0.1) is 11.3 Å². The van der Waals surface area contributed by atoms with Gasteiger partial charge in [-0.25, -0.2) is 4.98 Å². The van der Waals surface area contributed by atoms with E-state index in [0.29, 0.717) is 21.4 Å². The number of fused-ring (bicyclic) bond motifs is 1. The van der Waals surface area contributed by atoms with Crippen LogP contribution in [0.25, 0.3) is 10.2 Å². The summed E-state index contributed by atoms with van der Waals surface area (Å²) in [7, 11) is 0. The molecule has 3 heterocycles. The van der Waals surface area contributed by atoms with Gasteiger partial charge in [-0.3, -0.25) is 4.79 Å². The molecule has 0 saturated heterocycles. The molecule has 0 aromatic carbocycles.